The maximum absolute atomic E-state index is 12.0. The van der Waals surface area contributed by atoms with Crippen LogP contribution in [0.1, 0.15) is 52.9 Å². The number of amides is 1. The number of hydrogen-bond acceptors (Lipinski definition) is 2. The van der Waals surface area contributed by atoms with Crippen molar-refractivity contribution in [2.45, 2.75) is 52.9 Å². The van der Waals surface area contributed by atoms with Crippen LogP contribution in [0.5, 0.6) is 0 Å². The van der Waals surface area contributed by atoms with Gasteiger partial charge in [-0.3, -0.25) is 9.79 Å². The first-order valence-corrected chi connectivity index (χ1v) is 8.51. The SMILES string of the molecule is CCNC(=NCC(CC)CC)NCCC(=O)N1CCCC1. The van der Waals surface area contributed by atoms with Crippen LogP contribution < -0.4 is 10.6 Å². The van der Waals surface area contributed by atoms with Crippen LogP contribution in [0.25, 0.3) is 0 Å². The molecule has 122 valence electrons. The number of nitrogens with zero attached hydrogens (tertiary/aromatic N) is 2. The van der Waals surface area contributed by atoms with Crippen LogP contribution in [0.3, 0.4) is 0 Å². The molecule has 0 atom stereocenters. The molecule has 2 N–H and O–H groups in total. The Morgan fingerprint density at radius 1 is 1.14 bits per heavy atom. The van der Waals surface area contributed by atoms with Gasteiger partial charge in [-0.25, -0.2) is 0 Å². The molecule has 1 aliphatic heterocycles. The zero-order chi connectivity index (χ0) is 15.5. The van der Waals surface area contributed by atoms with E-state index in [4.69, 9.17) is 0 Å². The van der Waals surface area contributed by atoms with Crippen LogP contribution in [-0.2, 0) is 4.79 Å². The standard InChI is InChI=1S/C16H32N4O/c1-4-14(5-2)13-19-16(17-6-3)18-10-9-15(21)20-11-7-8-12-20/h14H,4-13H2,1-3H3,(H2,17,18,19). The molecule has 1 amide bonds. The Morgan fingerprint density at radius 3 is 2.38 bits per heavy atom. The highest BCUT2D eigenvalue weighted by Crippen LogP contribution is 2.08. The quantitative estimate of drug-likeness (QED) is 0.532. The first-order chi connectivity index (χ1) is 10.2. The molecule has 0 aromatic heterocycles. The molecule has 0 bridgehead atoms. The Bertz CT molecular complexity index is 320. The van der Waals surface area contributed by atoms with Crippen LogP contribution in [0.4, 0.5) is 0 Å². The zero-order valence-corrected chi connectivity index (χ0v) is 14.0. The predicted molar refractivity (Wildman–Crippen MR) is 88.5 cm³/mol. The third-order valence-electron chi connectivity index (χ3n) is 4.10. The van der Waals surface area contributed by atoms with Gasteiger partial charge in [-0.15, -0.1) is 0 Å². The summed E-state index contributed by atoms with van der Waals surface area (Å²) in [6.45, 7) is 10.7. The second-order valence-electron chi connectivity index (χ2n) is 5.67. The number of hydrogen-bond donors (Lipinski definition) is 2. The molecule has 5 heteroatoms. The normalized spacial score (nSPS) is 15.6. The van der Waals surface area contributed by atoms with Crippen LogP contribution >= 0.6 is 0 Å². The fourth-order valence-electron chi connectivity index (χ4n) is 2.52. The average Bonchev–Trinajstić information content (AvgIpc) is 3.02. The summed E-state index contributed by atoms with van der Waals surface area (Å²) < 4.78 is 0. The van der Waals surface area contributed by atoms with Gasteiger partial charge < -0.3 is 15.5 Å². The molecule has 1 aliphatic rings. The van der Waals surface area contributed by atoms with Crippen molar-refractivity contribution in [3.05, 3.63) is 0 Å². The Morgan fingerprint density at radius 2 is 1.81 bits per heavy atom. The van der Waals surface area contributed by atoms with Crippen LogP contribution in [0.2, 0.25) is 0 Å². The Kier molecular flexibility index (Phi) is 8.87. The number of carbonyl (C=O) groups excluding carboxylic acids is 1. The molecule has 0 saturated carbocycles. The van der Waals surface area contributed by atoms with Gasteiger partial charge in [-0.2, -0.15) is 0 Å². The van der Waals surface area contributed by atoms with Crippen molar-refractivity contribution in [2.24, 2.45) is 10.9 Å². The first kappa shape index (κ1) is 17.8. The van der Waals surface area contributed by atoms with Gasteiger partial charge in [0.05, 0.1) is 0 Å². The largest absolute Gasteiger partial charge is 0.357 e. The Balaban J connectivity index is 2.32. The molecule has 1 saturated heterocycles. The summed E-state index contributed by atoms with van der Waals surface area (Å²) in [5, 5.41) is 6.51. The van der Waals surface area contributed by atoms with Crippen molar-refractivity contribution >= 4 is 11.9 Å². The van der Waals surface area contributed by atoms with Crippen molar-refractivity contribution in [3.63, 3.8) is 0 Å². The molecule has 0 radical (unpaired) electrons. The predicted octanol–water partition coefficient (Wildman–Crippen LogP) is 1.99. The minimum Gasteiger partial charge on any atom is -0.357 e. The molecular weight excluding hydrogens is 264 g/mol. The van der Waals surface area contributed by atoms with Crippen LogP contribution in [0.15, 0.2) is 4.99 Å². The summed E-state index contributed by atoms with van der Waals surface area (Å²) in [6.07, 6.45) is 5.17. The van der Waals surface area contributed by atoms with E-state index < -0.39 is 0 Å². The first-order valence-electron chi connectivity index (χ1n) is 8.51. The molecule has 1 rings (SSSR count). The molecule has 0 unspecified atom stereocenters. The van der Waals surface area contributed by atoms with E-state index in [0.29, 0.717) is 18.9 Å². The van der Waals surface area contributed by atoms with E-state index >= 15 is 0 Å². The van der Waals surface area contributed by atoms with E-state index in [1.54, 1.807) is 0 Å². The summed E-state index contributed by atoms with van der Waals surface area (Å²) in [5.74, 6) is 1.74. The maximum Gasteiger partial charge on any atom is 0.224 e. The molecule has 0 aromatic carbocycles. The summed E-state index contributed by atoms with van der Waals surface area (Å²) >= 11 is 0. The average molecular weight is 296 g/mol. The van der Waals surface area contributed by atoms with Crippen LogP contribution in [-0.4, -0.2) is 49.5 Å². The minimum atomic E-state index is 0.260. The summed E-state index contributed by atoms with van der Waals surface area (Å²) in [4.78, 5) is 18.6. The summed E-state index contributed by atoms with van der Waals surface area (Å²) in [5.41, 5.74) is 0. The van der Waals surface area contributed by atoms with Gasteiger partial charge in [0.1, 0.15) is 0 Å². The second-order valence-corrected chi connectivity index (χ2v) is 5.67. The van der Waals surface area contributed by atoms with E-state index in [9.17, 15) is 4.79 Å². The van der Waals surface area contributed by atoms with Crippen molar-refractivity contribution in [2.75, 3.05) is 32.7 Å². The Labute approximate surface area is 129 Å². The van der Waals surface area contributed by atoms with Gasteiger partial charge in [0.15, 0.2) is 5.96 Å². The highest BCUT2D eigenvalue weighted by Gasteiger charge is 2.17. The van der Waals surface area contributed by atoms with Gasteiger partial charge in [0.2, 0.25) is 5.91 Å². The molecule has 0 spiro atoms. The zero-order valence-electron chi connectivity index (χ0n) is 14.0. The van der Waals surface area contributed by atoms with Crippen LogP contribution in [0, 0.1) is 5.92 Å². The van der Waals surface area contributed by atoms with E-state index in [2.05, 4.69) is 36.4 Å². The lowest BCUT2D eigenvalue weighted by molar-refractivity contribution is -0.129. The third kappa shape index (κ3) is 6.82. The lowest BCUT2D eigenvalue weighted by atomic mass is 10.0. The van der Waals surface area contributed by atoms with Gasteiger partial charge >= 0.3 is 0 Å². The molecule has 1 fully saturated rings. The summed E-state index contributed by atoms with van der Waals surface area (Å²) in [7, 11) is 0. The van der Waals surface area contributed by atoms with Gasteiger partial charge in [-0.1, -0.05) is 26.7 Å². The van der Waals surface area contributed by atoms with Gasteiger partial charge in [0, 0.05) is 39.1 Å². The van der Waals surface area contributed by atoms with Crippen molar-refractivity contribution in [1.29, 1.82) is 0 Å². The lowest BCUT2D eigenvalue weighted by Gasteiger charge is -2.17. The molecule has 1 heterocycles. The molecule has 0 aromatic rings. The number of aliphatic imine (C=N–C) groups is 1. The highest BCUT2D eigenvalue weighted by molar-refractivity contribution is 5.81. The molecule has 21 heavy (non-hydrogen) atoms. The van der Waals surface area contributed by atoms with E-state index in [1.807, 2.05) is 4.90 Å². The molecule has 0 aliphatic carbocycles. The van der Waals surface area contributed by atoms with Gasteiger partial charge in [-0.05, 0) is 25.7 Å². The number of rotatable bonds is 8. The summed E-state index contributed by atoms with van der Waals surface area (Å²) in [6, 6.07) is 0. The minimum absolute atomic E-state index is 0.260. The van der Waals surface area contributed by atoms with Crippen molar-refractivity contribution in [3.8, 4) is 0 Å². The number of nitrogens with one attached hydrogen (secondary N) is 2. The maximum atomic E-state index is 12.0. The topological polar surface area (TPSA) is 56.7 Å². The fourth-order valence-corrected chi connectivity index (χ4v) is 2.52. The number of likely N-dealkylation sites (tertiary alicyclic amines) is 1. The highest BCUT2D eigenvalue weighted by atomic mass is 16.2. The van der Waals surface area contributed by atoms with Crippen molar-refractivity contribution in [1.82, 2.24) is 15.5 Å². The molecular formula is C16H32N4O. The lowest BCUT2D eigenvalue weighted by Crippen LogP contribution is -2.40. The van der Waals surface area contributed by atoms with Crippen molar-refractivity contribution < 1.29 is 4.79 Å². The number of guanidine groups is 1. The van der Waals surface area contributed by atoms with E-state index in [0.717, 1.165) is 57.8 Å². The fraction of sp³-hybridized carbons (Fsp3) is 0.875. The second kappa shape index (κ2) is 10.5. The molecule has 5 nitrogen and oxygen atoms in total. The van der Waals surface area contributed by atoms with E-state index in [1.165, 1.54) is 0 Å². The smallest absolute Gasteiger partial charge is 0.224 e. The Hall–Kier alpha value is -1.26. The van der Waals surface area contributed by atoms with Gasteiger partial charge in [0.25, 0.3) is 0 Å². The number of carbonyl (C=O) groups is 1. The monoisotopic (exact) mass is 296 g/mol. The van der Waals surface area contributed by atoms with E-state index in [-0.39, 0.29) is 5.91 Å². The third-order valence-corrected chi connectivity index (χ3v) is 4.10.